The topological polar surface area (TPSA) is 113 Å². The lowest BCUT2D eigenvalue weighted by Gasteiger charge is -2.37. The first kappa shape index (κ1) is 17.6. The molecule has 10 heteroatoms. The van der Waals surface area contributed by atoms with Crippen LogP contribution < -0.4 is 5.32 Å². The highest BCUT2D eigenvalue weighted by molar-refractivity contribution is 7.91. The van der Waals surface area contributed by atoms with E-state index in [1.165, 1.54) is 18.2 Å². The number of anilines is 1. The van der Waals surface area contributed by atoms with Crippen LogP contribution in [0.1, 0.15) is 6.42 Å². The highest BCUT2D eigenvalue weighted by Gasteiger charge is 2.34. The maximum absolute atomic E-state index is 12.3. The molecule has 0 aliphatic carbocycles. The number of rotatable bonds is 3. The van der Waals surface area contributed by atoms with Crippen molar-refractivity contribution >= 4 is 27.2 Å². The van der Waals surface area contributed by atoms with E-state index in [9.17, 15) is 23.3 Å². The Labute approximate surface area is 145 Å². The Morgan fingerprint density at radius 1 is 1.24 bits per heavy atom. The number of benzene rings is 1. The van der Waals surface area contributed by atoms with Crippen molar-refractivity contribution < 1.29 is 18.1 Å². The molecule has 2 saturated heterocycles. The molecule has 0 bridgehead atoms. The van der Waals surface area contributed by atoms with Crippen LogP contribution in [-0.4, -0.2) is 72.9 Å². The van der Waals surface area contributed by atoms with Crippen LogP contribution in [0.15, 0.2) is 24.3 Å². The number of urea groups is 1. The molecular weight excluding hydrogens is 348 g/mol. The van der Waals surface area contributed by atoms with Gasteiger partial charge in [-0.05, 0) is 12.5 Å². The lowest BCUT2D eigenvalue weighted by atomic mass is 10.2. The fourth-order valence-corrected chi connectivity index (χ4v) is 5.01. The highest BCUT2D eigenvalue weighted by atomic mass is 32.2. The molecule has 25 heavy (non-hydrogen) atoms. The van der Waals surface area contributed by atoms with Gasteiger partial charge in [-0.1, -0.05) is 6.07 Å². The Kier molecular flexibility index (Phi) is 4.91. The largest absolute Gasteiger partial charge is 0.322 e. The molecule has 2 fully saturated rings. The molecule has 1 aromatic carbocycles. The smallest absolute Gasteiger partial charge is 0.321 e. The number of sulfone groups is 1. The Morgan fingerprint density at radius 2 is 1.96 bits per heavy atom. The third-order valence-electron chi connectivity index (χ3n) is 4.63. The second kappa shape index (κ2) is 6.96. The molecule has 2 aliphatic heterocycles. The summed E-state index contributed by atoms with van der Waals surface area (Å²) in [6.45, 7) is 2.25. The predicted molar refractivity (Wildman–Crippen MR) is 92.3 cm³/mol. The molecule has 1 N–H and O–H groups in total. The average molecular weight is 368 g/mol. The van der Waals surface area contributed by atoms with E-state index in [0.29, 0.717) is 38.3 Å². The molecule has 1 atom stereocenters. The van der Waals surface area contributed by atoms with E-state index in [1.54, 1.807) is 11.0 Å². The number of carbonyl (C=O) groups excluding carboxylic acids is 1. The van der Waals surface area contributed by atoms with Crippen LogP contribution in [0.5, 0.6) is 0 Å². The highest BCUT2D eigenvalue weighted by Crippen LogP contribution is 2.20. The van der Waals surface area contributed by atoms with Gasteiger partial charge in [0.05, 0.1) is 16.4 Å². The summed E-state index contributed by atoms with van der Waals surface area (Å²) in [4.78, 5) is 26.3. The molecule has 9 nitrogen and oxygen atoms in total. The number of nitrogens with one attached hydrogen (secondary N) is 1. The average Bonchev–Trinajstić information content (AvgIpc) is 2.95. The van der Waals surface area contributed by atoms with E-state index in [4.69, 9.17) is 0 Å². The number of hydrogen-bond acceptors (Lipinski definition) is 6. The fraction of sp³-hybridized carbons (Fsp3) is 0.533. The van der Waals surface area contributed by atoms with Gasteiger partial charge in [0.25, 0.3) is 5.69 Å². The summed E-state index contributed by atoms with van der Waals surface area (Å²) < 4.78 is 23.2. The van der Waals surface area contributed by atoms with E-state index in [-0.39, 0.29) is 29.3 Å². The quantitative estimate of drug-likeness (QED) is 0.627. The molecule has 0 radical (unpaired) electrons. The summed E-state index contributed by atoms with van der Waals surface area (Å²) in [6.07, 6.45) is 0.655. The first-order valence-corrected chi connectivity index (χ1v) is 9.91. The van der Waals surface area contributed by atoms with E-state index in [1.807, 2.05) is 0 Å². The SMILES string of the molecule is O=C(Nc1cccc([N+](=O)[O-])c1)N1CCN(C2CCS(=O)(=O)C2)CC1. The Balaban J connectivity index is 1.53. The fourth-order valence-electron chi connectivity index (χ4n) is 3.25. The molecule has 2 amide bonds. The van der Waals surface area contributed by atoms with Crippen molar-refractivity contribution in [1.29, 1.82) is 0 Å². The lowest BCUT2D eigenvalue weighted by molar-refractivity contribution is -0.384. The monoisotopic (exact) mass is 368 g/mol. The van der Waals surface area contributed by atoms with Gasteiger partial charge < -0.3 is 10.2 Å². The van der Waals surface area contributed by atoms with Gasteiger partial charge in [-0.15, -0.1) is 0 Å². The van der Waals surface area contributed by atoms with E-state index >= 15 is 0 Å². The summed E-state index contributed by atoms with van der Waals surface area (Å²) in [5, 5.41) is 13.5. The van der Waals surface area contributed by atoms with Crippen LogP contribution in [0.3, 0.4) is 0 Å². The van der Waals surface area contributed by atoms with Crippen molar-refractivity contribution in [1.82, 2.24) is 9.80 Å². The van der Waals surface area contributed by atoms with Crippen molar-refractivity contribution in [2.45, 2.75) is 12.5 Å². The molecule has 2 heterocycles. The maximum Gasteiger partial charge on any atom is 0.321 e. The summed E-state index contributed by atoms with van der Waals surface area (Å²) in [7, 11) is -2.92. The number of hydrogen-bond donors (Lipinski definition) is 1. The predicted octanol–water partition coefficient (Wildman–Crippen LogP) is 0.931. The van der Waals surface area contributed by atoms with Crippen molar-refractivity contribution in [2.75, 3.05) is 43.0 Å². The van der Waals surface area contributed by atoms with Crippen LogP contribution in [0, 0.1) is 10.1 Å². The van der Waals surface area contributed by atoms with Gasteiger partial charge in [0.1, 0.15) is 0 Å². The number of nitrogens with zero attached hydrogens (tertiary/aromatic N) is 3. The Hall–Kier alpha value is -2.20. The number of amides is 2. The molecule has 0 spiro atoms. The summed E-state index contributed by atoms with van der Waals surface area (Å²) in [5.41, 5.74) is 0.300. The zero-order chi connectivity index (χ0) is 18.0. The third-order valence-corrected chi connectivity index (χ3v) is 6.38. The Morgan fingerprint density at radius 3 is 2.56 bits per heavy atom. The summed E-state index contributed by atoms with van der Waals surface area (Å²) in [6, 6.07) is 5.55. The van der Waals surface area contributed by atoms with Crippen molar-refractivity contribution in [2.24, 2.45) is 0 Å². The molecular formula is C15H20N4O5S. The number of nitro benzene ring substituents is 1. The van der Waals surface area contributed by atoms with Gasteiger partial charge in [0.2, 0.25) is 0 Å². The molecule has 136 valence electrons. The van der Waals surface area contributed by atoms with Gasteiger partial charge in [0.15, 0.2) is 9.84 Å². The van der Waals surface area contributed by atoms with Gasteiger partial charge in [-0.25, -0.2) is 13.2 Å². The van der Waals surface area contributed by atoms with Crippen LogP contribution in [0.4, 0.5) is 16.2 Å². The van der Waals surface area contributed by atoms with Gasteiger partial charge in [-0.3, -0.25) is 15.0 Å². The molecule has 0 aromatic heterocycles. The second-order valence-electron chi connectivity index (χ2n) is 6.32. The number of piperazine rings is 1. The van der Waals surface area contributed by atoms with Gasteiger partial charge >= 0.3 is 6.03 Å². The molecule has 1 unspecified atom stereocenters. The molecule has 2 aliphatic rings. The van der Waals surface area contributed by atoms with Gasteiger partial charge in [0, 0.05) is 50.0 Å². The lowest BCUT2D eigenvalue weighted by Crippen LogP contribution is -2.53. The first-order chi connectivity index (χ1) is 11.8. The first-order valence-electron chi connectivity index (χ1n) is 8.09. The Bertz CT molecular complexity index is 774. The zero-order valence-corrected chi connectivity index (χ0v) is 14.4. The van der Waals surface area contributed by atoms with Crippen LogP contribution >= 0.6 is 0 Å². The second-order valence-corrected chi connectivity index (χ2v) is 8.55. The third kappa shape index (κ3) is 4.26. The normalized spacial score (nSPS) is 23.4. The van der Waals surface area contributed by atoms with E-state index < -0.39 is 14.8 Å². The standard InChI is InChI=1S/C15H20N4O5S/c20-15(16-12-2-1-3-13(10-12)19(21)22)18-7-5-17(6-8-18)14-4-9-25(23,24)11-14/h1-3,10,14H,4-9,11H2,(H,16,20). The van der Waals surface area contributed by atoms with Crippen LogP contribution in [0.25, 0.3) is 0 Å². The summed E-state index contributed by atoms with van der Waals surface area (Å²) in [5.74, 6) is 0.442. The van der Waals surface area contributed by atoms with Crippen molar-refractivity contribution in [3.63, 3.8) is 0 Å². The minimum Gasteiger partial charge on any atom is -0.322 e. The number of non-ortho nitro benzene ring substituents is 1. The zero-order valence-electron chi connectivity index (χ0n) is 13.6. The van der Waals surface area contributed by atoms with Gasteiger partial charge in [-0.2, -0.15) is 0 Å². The van der Waals surface area contributed by atoms with Crippen LogP contribution in [-0.2, 0) is 9.84 Å². The van der Waals surface area contributed by atoms with Crippen molar-refractivity contribution in [3.05, 3.63) is 34.4 Å². The van der Waals surface area contributed by atoms with Crippen molar-refractivity contribution in [3.8, 4) is 0 Å². The van der Waals surface area contributed by atoms with E-state index in [2.05, 4.69) is 10.2 Å². The number of nitro groups is 1. The maximum atomic E-state index is 12.3. The summed E-state index contributed by atoms with van der Waals surface area (Å²) >= 11 is 0. The van der Waals surface area contributed by atoms with Crippen LogP contribution in [0.2, 0.25) is 0 Å². The minimum absolute atomic E-state index is 0.0481. The number of carbonyl (C=O) groups is 1. The molecule has 0 saturated carbocycles. The molecule has 3 rings (SSSR count). The van der Waals surface area contributed by atoms with E-state index in [0.717, 1.165) is 0 Å². The molecule has 1 aromatic rings. The minimum atomic E-state index is -2.92.